The first-order valence-corrected chi connectivity index (χ1v) is 21.1. The summed E-state index contributed by atoms with van der Waals surface area (Å²) < 4.78 is 1.17. The number of benzene rings is 2. The zero-order chi connectivity index (χ0) is 46.5. The molecule has 2 aromatic rings. The summed E-state index contributed by atoms with van der Waals surface area (Å²) >= 11 is 2.24. The van der Waals surface area contributed by atoms with Crippen LogP contribution in [0.15, 0.2) is 48.5 Å². The van der Waals surface area contributed by atoms with Gasteiger partial charge in [0.15, 0.2) is 0 Å². The van der Waals surface area contributed by atoms with Crippen molar-refractivity contribution in [1.82, 2.24) is 31.9 Å². The molecule has 0 spiro atoms. The van der Waals surface area contributed by atoms with Crippen molar-refractivity contribution in [2.75, 3.05) is 13.1 Å². The van der Waals surface area contributed by atoms with Crippen molar-refractivity contribution in [3.8, 4) is 0 Å². The van der Waals surface area contributed by atoms with Crippen molar-refractivity contribution >= 4 is 70.5 Å². The third-order valence-corrected chi connectivity index (χ3v) is 9.74. The Hall–Kier alpha value is -5.55. The lowest BCUT2D eigenvalue weighted by atomic mass is 10.1. The molecular formula is C41H59IN6O14. The highest BCUT2D eigenvalue weighted by molar-refractivity contribution is 14.1. The normalized spacial score (nSPS) is 12.5. The monoisotopic (exact) mass is 986 g/mol. The molecule has 62 heavy (non-hydrogen) atoms. The van der Waals surface area contributed by atoms with E-state index in [0.717, 1.165) is 31.5 Å². The van der Waals surface area contributed by atoms with Crippen LogP contribution in [0.5, 0.6) is 0 Å². The summed E-state index contributed by atoms with van der Waals surface area (Å²) in [4.78, 5) is 90.0. The maximum Gasteiger partial charge on any atom is 0.326 e. The van der Waals surface area contributed by atoms with Gasteiger partial charge in [-0.2, -0.15) is 0 Å². The fourth-order valence-electron chi connectivity index (χ4n) is 5.74. The van der Waals surface area contributed by atoms with Crippen molar-refractivity contribution < 1.29 is 69.0 Å². The number of carbonyl (C=O) groups is 8. The highest BCUT2D eigenvalue weighted by Gasteiger charge is 2.24. The van der Waals surface area contributed by atoms with Gasteiger partial charge in [0.2, 0.25) is 0 Å². The molecule has 4 amide bonds. The number of aryl methyl sites for hydroxylation is 1. The Bertz CT molecular complexity index is 1730. The number of carboxylic acid groups (broad SMARTS) is 6. The Morgan fingerprint density at radius 3 is 1.34 bits per heavy atom. The summed E-state index contributed by atoms with van der Waals surface area (Å²) in [5.74, 6) is -7.11. The van der Waals surface area contributed by atoms with Gasteiger partial charge in [0, 0.05) is 41.6 Å². The topological polar surface area (TPSA) is 330 Å². The Morgan fingerprint density at radius 1 is 0.500 bits per heavy atom. The molecule has 0 saturated heterocycles. The van der Waals surface area contributed by atoms with Gasteiger partial charge < -0.3 is 62.5 Å². The van der Waals surface area contributed by atoms with Crippen LogP contribution >= 0.6 is 22.6 Å². The summed E-state index contributed by atoms with van der Waals surface area (Å²) in [7, 11) is 0. The average molecular weight is 987 g/mol. The van der Waals surface area contributed by atoms with Crippen molar-refractivity contribution in [3.05, 3.63) is 68.8 Å². The molecule has 0 aliphatic heterocycles. The number of amides is 4. The van der Waals surface area contributed by atoms with Crippen LogP contribution < -0.4 is 31.9 Å². The van der Waals surface area contributed by atoms with Gasteiger partial charge in [-0.15, -0.1) is 0 Å². The minimum absolute atomic E-state index is 0.0700. The SMILES string of the molecule is Cc1ccc(CNCCCC[C@H](NC(=O)N[C@@H](CCC(=O)O)CC(=O)O)C(=O)O)cc1.O=C(O)CC[C@H](NC(=O)N[C@@H](CCCCNCc1ccc(I)cc1)CC(=O)O)C(=O)O. The van der Waals surface area contributed by atoms with Crippen LogP contribution in [0.25, 0.3) is 0 Å². The van der Waals surface area contributed by atoms with E-state index in [2.05, 4.69) is 54.5 Å². The zero-order valence-corrected chi connectivity index (χ0v) is 36.7. The van der Waals surface area contributed by atoms with Crippen LogP contribution in [0.1, 0.15) is 93.7 Å². The second-order valence-electron chi connectivity index (χ2n) is 14.4. The number of unbranched alkanes of at least 4 members (excludes halogenated alkanes) is 2. The van der Waals surface area contributed by atoms with Gasteiger partial charge in [0.05, 0.1) is 12.8 Å². The van der Waals surface area contributed by atoms with E-state index in [1.807, 2.05) is 55.5 Å². The molecule has 0 bridgehead atoms. The van der Waals surface area contributed by atoms with E-state index in [4.69, 9.17) is 25.5 Å². The number of hydrogen-bond acceptors (Lipinski definition) is 10. The summed E-state index contributed by atoms with van der Waals surface area (Å²) in [5, 5.41) is 69.7. The van der Waals surface area contributed by atoms with E-state index in [0.29, 0.717) is 32.4 Å². The number of nitrogens with one attached hydrogen (secondary N) is 6. The average Bonchev–Trinajstić information content (AvgIpc) is 3.18. The third kappa shape index (κ3) is 28.1. The Balaban J connectivity index is 0.000000620. The number of carboxylic acids is 6. The quantitative estimate of drug-likeness (QED) is 0.0392. The molecule has 0 radical (unpaired) electrons. The molecule has 0 aliphatic rings. The number of carbonyl (C=O) groups excluding carboxylic acids is 2. The molecule has 0 heterocycles. The molecule has 0 aromatic heterocycles. The molecule has 20 nitrogen and oxygen atoms in total. The van der Waals surface area contributed by atoms with Gasteiger partial charge in [-0.3, -0.25) is 19.2 Å². The molecule has 0 unspecified atom stereocenters. The Morgan fingerprint density at radius 2 is 0.903 bits per heavy atom. The minimum Gasteiger partial charge on any atom is -0.481 e. The van der Waals surface area contributed by atoms with Gasteiger partial charge in [0.25, 0.3) is 0 Å². The standard InChI is InChI=1S/C21H31N3O7.C20H28IN3O7/c1-14-5-7-15(8-6-14)13-22-11-3-2-4-17(20(29)30)24-21(31)23-16(12-19(27)28)9-10-18(25)26;21-14-6-4-13(5-7-14)12-22-10-2-1-3-15(11-18(27)28)23-20(31)24-16(19(29)30)8-9-17(25)26/h5-8,16-17,22H,2-4,9-13H2,1H3,(H,25,26)(H,27,28)(H,29,30)(H2,23,24,31);4-7,15-16,22H,1-3,8-12H2,(H,25,26)(H,27,28)(H,29,30)(H2,23,24,31)/t16-,17-;15-,16-/m00/s1. The highest BCUT2D eigenvalue weighted by Crippen LogP contribution is 2.09. The molecule has 2 rings (SSSR count). The van der Waals surface area contributed by atoms with Crippen LogP contribution in [0, 0.1) is 10.5 Å². The fraction of sp³-hybridized carbons (Fsp3) is 0.512. The smallest absolute Gasteiger partial charge is 0.326 e. The second-order valence-corrected chi connectivity index (χ2v) is 15.7. The predicted molar refractivity (Wildman–Crippen MR) is 233 cm³/mol. The van der Waals surface area contributed by atoms with Gasteiger partial charge >= 0.3 is 47.9 Å². The van der Waals surface area contributed by atoms with E-state index < -0.39 is 84.9 Å². The fourth-order valence-corrected chi connectivity index (χ4v) is 6.10. The number of rotatable bonds is 30. The molecule has 0 fully saturated rings. The van der Waals surface area contributed by atoms with E-state index in [9.17, 15) is 43.5 Å². The Labute approximate surface area is 373 Å². The van der Waals surface area contributed by atoms with Crippen molar-refractivity contribution in [3.63, 3.8) is 0 Å². The van der Waals surface area contributed by atoms with E-state index in [-0.39, 0.29) is 32.1 Å². The second kappa shape index (κ2) is 31.3. The number of urea groups is 2. The first kappa shape index (κ1) is 54.5. The van der Waals surface area contributed by atoms with Crippen LogP contribution in [-0.2, 0) is 41.9 Å². The summed E-state index contributed by atoms with van der Waals surface area (Å²) in [6, 6.07) is 10.6. The molecule has 344 valence electrons. The summed E-state index contributed by atoms with van der Waals surface area (Å²) in [5.41, 5.74) is 3.51. The van der Waals surface area contributed by atoms with Gasteiger partial charge in [-0.05, 0) is 111 Å². The molecule has 0 aliphatic carbocycles. The third-order valence-electron chi connectivity index (χ3n) is 9.02. The molecule has 12 N–H and O–H groups in total. The lowest BCUT2D eigenvalue weighted by Gasteiger charge is -2.20. The molecule has 0 saturated carbocycles. The van der Waals surface area contributed by atoms with Gasteiger partial charge in [-0.25, -0.2) is 19.2 Å². The highest BCUT2D eigenvalue weighted by atomic mass is 127. The van der Waals surface area contributed by atoms with Gasteiger partial charge in [-0.1, -0.05) is 48.4 Å². The van der Waals surface area contributed by atoms with Gasteiger partial charge in [0.1, 0.15) is 12.1 Å². The predicted octanol–water partition coefficient (Wildman–Crippen LogP) is 3.73. The van der Waals surface area contributed by atoms with E-state index >= 15 is 0 Å². The lowest BCUT2D eigenvalue weighted by molar-refractivity contribution is -0.141. The number of aliphatic carboxylic acids is 6. The van der Waals surface area contributed by atoms with E-state index in [1.54, 1.807) is 0 Å². The zero-order valence-electron chi connectivity index (χ0n) is 34.6. The maximum atomic E-state index is 12.1. The van der Waals surface area contributed by atoms with Crippen molar-refractivity contribution in [2.45, 2.75) is 121 Å². The van der Waals surface area contributed by atoms with Crippen LogP contribution in [0.4, 0.5) is 9.59 Å². The van der Waals surface area contributed by atoms with Crippen LogP contribution in [0.3, 0.4) is 0 Å². The van der Waals surface area contributed by atoms with Crippen molar-refractivity contribution in [2.24, 2.45) is 0 Å². The van der Waals surface area contributed by atoms with Crippen LogP contribution in [0.2, 0.25) is 0 Å². The molecule has 2 aromatic carbocycles. The number of halogens is 1. The minimum atomic E-state index is -1.37. The largest absolute Gasteiger partial charge is 0.481 e. The number of hydrogen-bond donors (Lipinski definition) is 12. The molecule has 4 atom stereocenters. The Kier molecular flexibility index (Phi) is 27.5. The lowest BCUT2D eigenvalue weighted by Crippen LogP contribution is -2.49. The summed E-state index contributed by atoms with van der Waals surface area (Å²) in [6.07, 6.45) is 1.55. The van der Waals surface area contributed by atoms with E-state index in [1.165, 1.54) is 14.7 Å². The summed E-state index contributed by atoms with van der Waals surface area (Å²) in [6.45, 7) is 4.89. The first-order valence-electron chi connectivity index (χ1n) is 20.0. The van der Waals surface area contributed by atoms with Crippen molar-refractivity contribution in [1.29, 1.82) is 0 Å². The first-order chi connectivity index (χ1) is 29.3. The maximum absolute atomic E-state index is 12.1. The molecule has 21 heteroatoms. The molecular weight excluding hydrogens is 927 g/mol. The van der Waals surface area contributed by atoms with Crippen LogP contribution in [-0.4, -0.2) is 116 Å².